The van der Waals surface area contributed by atoms with Crippen LogP contribution in [-0.4, -0.2) is 94.5 Å². The van der Waals surface area contributed by atoms with E-state index in [-0.39, 0.29) is 5.91 Å². The van der Waals surface area contributed by atoms with Crippen LogP contribution < -0.4 is 9.80 Å². The van der Waals surface area contributed by atoms with Gasteiger partial charge in [0.15, 0.2) is 0 Å². The van der Waals surface area contributed by atoms with E-state index in [0.717, 1.165) is 64.3 Å². The summed E-state index contributed by atoms with van der Waals surface area (Å²) in [5.74, 6) is 1.71. The molecule has 2 fully saturated rings. The monoisotopic (exact) mass is 368 g/mol. The maximum Gasteiger partial charge on any atom is 0.236 e. The Morgan fingerprint density at radius 1 is 0.704 bits per heavy atom. The van der Waals surface area contributed by atoms with Gasteiger partial charge in [0.2, 0.25) is 17.8 Å². The molecule has 9 heteroatoms. The summed E-state index contributed by atoms with van der Waals surface area (Å²) in [4.78, 5) is 38.3. The largest absolute Gasteiger partial charge is 0.338 e. The molecule has 0 saturated carbocycles. The number of nitrogens with zero attached hydrogens (tertiary/aromatic N) is 8. The van der Waals surface area contributed by atoms with Crippen LogP contribution in [0.15, 0.2) is 36.9 Å². The summed E-state index contributed by atoms with van der Waals surface area (Å²) in [5.41, 5.74) is 0. The summed E-state index contributed by atoms with van der Waals surface area (Å²) in [6.07, 6.45) is 7.02. The van der Waals surface area contributed by atoms with Crippen LogP contribution in [0.5, 0.6) is 0 Å². The second-order valence-electron chi connectivity index (χ2n) is 6.73. The highest BCUT2D eigenvalue weighted by Gasteiger charge is 2.25. The highest BCUT2D eigenvalue weighted by Crippen LogP contribution is 2.12. The van der Waals surface area contributed by atoms with Gasteiger partial charge in [-0.3, -0.25) is 9.69 Å². The highest BCUT2D eigenvalue weighted by molar-refractivity contribution is 5.78. The first kappa shape index (κ1) is 17.6. The number of piperazine rings is 2. The number of carbonyl (C=O) groups excluding carboxylic acids is 1. The molecule has 0 N–H and O–H groups in total. The van der Waals surface area contributed by atoms with Crippen molar-refractivity contribution in [3.63, 3.8) is 0 Å². The molecule has 0 aromatic carbocycles. The first-order valence-electron chi connectivity index (χ1n) is 9.34. The van der Waals surface area contributed by atoms with E-state index < -0.39 is 0 Å². The SMILES string of the molecule is O=C(CN1CCN(c2ncccn2)CC1)N1CCN(c2ncccn2)CC1. The van der Waals surface area contributed by atoms with E-state index in [4.69, 9.17) is 0 Å². The molecule has 142 valence electrons. The average molecular weight is 368 g/mol. The molecule has 0 spiro atoms. The van der Waals surface area contributed by atoms with E-state index in [0.29, 0.717) is 6.54 Å². The summed E-state index contributed by atoms with van der Waals surface area (Å²) in [7, 11) is 0. The van der Waals surface area contributed by atoms with Crippen molar-refractivity contribution in [1.29, 1.82) is 0 Å². The first-order chi connectivity index (χ1) is 13.3. The Hall–Kier alpha value is -2.81. The number of aromatic nitrogens is 4. The minimum Gasteiger partial charge on any atom is -0.338 e. The van der Waals surface area contributed by atoms with Crippen LogP contribution in [0.25, 0.3) is 0 Å². The summed E-state index contributed by atoms with van der Waals surface area (Å²) >= 11 is 0. The average Bonchev–Trinajstić information content (AvgIpc) is 2.76. The quantitative estimate of drug-likeness (QED) is 0.730. The van der Waals surface area contributed by atoms with Gasteiger partial charge in [0, 0.05) is 77.1 Å². The van der Waals surface area contributed by atoms with E-state index >= 15 is 0 Å². The molecule has 2 aliphatic heterocycles. The van der Waals surface area contributed by atoms with Gasteiger partial charge in [0.25, 0.3) is 0 Å². The lowest BCUT2D eigenvalue weighted by Gasteiger charge is -2.38. The molecular weight excluding hydrogens is 344 g/mol. The first-order valence-corrected chi connectivity index (χ1v) is 9.34. The van der Waals surface area contributed by atoms with E-state index in [2.05, 4.69) is 34.6 Å². The van der Waals surface area contributed by atoms with Gasteiger partial charge >= 0.3 is 0 Å². The van der Waals surface area contributed by atoms with Crippen molar-refractivity contribution in [2.75, 3.05) is 68.7 Å². The lowest BCUT2D eigenvalue weighted by atomic mass is 10.3. The van der Waals surface area contributed by atoms with Gasteiger partial charge in [0.1, 0.15) is 0 Å². The molecule has 0 unspecified atom stereocenters. The third-order valence-corrected chi connectivity index (χ3v) is 5.03. The Morgan fingerprint density at radius 2 is 1.15 bits per heavy atom. The molecule has 0 bridgehead atoms. The van der Waals surface area contributed by atoms with Gasteiger partial charge in [-0.05, 0) is 12.1 Å². The topological polar surface area (TPSA) is 81.6 Å². The van der Waals surface area contributed by atoms with Crippen molar-refractivity contribution < 1.29 is 4.79 Å². The molecule has 2 aromatic heterocycles. The Morgan fingerprint density at radius 3 is 1.63 bits per heavy atom. The Balaban J connectivity index is 1.22. The van der Waals surface area contributed by atoms with Gasteiger partial charge in [-0.1, -0.05) is 0 Å². The van der Waals surface area contributed by atoms with Crippen LogP contribution in [0.2, 0.25) is 0 Å². The molecular formula is C18H24N8O. The van der Waals surface area contributed by atoms with Crippen molar-refractivity contribution in [1.82, 2.24) is 29.7 Å². The second-order valence-corrected chi connectivity index (χ2v) is 6.73. The van der Waals surface area contributed by atoms with Crippen LogP contribution in [-0.2, 0) is 4.79 Å². The van der Waals surface area contributed by atoms with E-state index in [1.54, 1.807) is 24.8 Å². The summed E-state index contributed by atoms with van der Waals surface area (Å²) in [5, 5.41) is 0. The van der Waals surface area contributed by atoms with E-state index in [9.17, 15) is 4.79 Å². The zero-order valence-corrected chi connectivity index (χ0v) is 15.3. The van der Waals surface area contributed by atoms with Gasteiger partial charge in [0.05, 0.1) is 6.54 Å². The molecule has 0 atom stereocenters. The van der Waals surface area contributed by atoms with Crippen LogP contribution in [0.1, 0.15) is 0 Å². The molecule has 4 heterocycles. The van der Waals surface area contributed by atoms with Crippen molar-refractivity contribution in [2.24, 2.45) is 0 Å². The van der Waals surface area contributed by atoms with Crippen LogP contribution in [0.4, 0.5) is 11.9 Å². The smallest absolute Gasteiger partial charge is 0.236 e. The summed E-state index contributed by atoms with van der Waals surface area (Å²) < 4.78 is 0. The maximum atomic E-state index is 12.7. The zero-order chi connectivity index (χ0) is 18.5. The molecule has 2 aromatic rings. The van der Waals surface area contributed by atoms with Gasteiger partial charge in [-0.25, -0.2) is 19.9 Å². The Bertz CT molecular complexity index is 728. The molecule has 2 aliphatic rings. The predicted octanol–water partition coefficient (Wildman–Crippen LogP) is -0.263. The van der Waals surface area contributed by atoms with Crippen molar-refractivity contribution in [3.8, 4) is 0 Å². The zero-order valence-electron chi connectivity index (χ0n) is 15.3. The fourth-order valence-corrected chi connectivity index (χ4v) is 3.46. The van der Waals surface area contributed by atoms with Gasteiger partial charge in [-0.15, -0.1) is 0 Å². The standard InChI is InChI=1S/C18H24N8O/c27-16(24-11-13-26(14-12-24)18-21-5-2-6-22-18)15-23-7-9-25(10-8-23)17-19-3-1-4-20-17/h1-6H,7-15H2. The highest BCUT2D eigenvalue weighted by atomic mass is 16.2. The molecule has 2 saturated heterocycles. The van der Waals surface area contributed by atoms with Crippen molar-refractivity contribution in [2.45, 2.75) is 0 Å². The fraction of sp³-hybridized carbons (Fsp3) is 0.500. The summed E-state index contributed by atoms with van der Waals surface area (Å²) in [6, 6.07) is 3.63. The normalized spacial score (nSPS) is 18.6. The predicted molar refractivity (Wildman–Crippen MR) is 102 cm³/mol. The van der Waals surface area contributed by atoms with Gasteiger partial charge < -0.3 is 14.7 Å². The van der Waals surface area contributed by atoms with Crippen LogP contribution in [0.3, 0.4) is 0 Å². The lowest BCUT2D eigenvalue weighted by Crippen LogP contribution is -2.54. The molecule has 0 aliphatic carbocycles. The van der Waals surface area contributed by atoms with Crippen LogP contribution >= 0.6 is 0 Å². The summed E-state index contributed by atoms with van der Waals surface area (Å²) in [6.45, 7) is 6.84. The number of carbonyl (C=O) groups is 1. The second kappa shape index (κ2) is 8.26. The molecule has 1 amide bonds. The fourth-order valence-electron chi connectivity index (χ4n) is 3.46. The van der Waals surface area contributed by atoms with E-state index in [1.807, 2.05) is 17.0 Å². The number of hydrogen-bond donors (Lipinski definition) is 0. The lowest BCUT2D eigenvalue weighted by molar-refractivity contribution is -0.132. The number of amides is 1. The van der Waals surface area contributed by atoms with Crippen molar-refractivity contribution >= 4 is 17.8 Å². The Labute approximate surface area is 158 Å². The third kappa shape index (κ3) is 4.30. The maximum absolute atomic E-state index is 12.7. The van der Waals surface area contributed by atoms with Crippen LogP contribution in [0, 0.1) is 0 Å². The molecule has 4 rings (SSSR count). The molecule has 27 heavy (non-hydrogen) atoms. The van der Waals surface area contributed by atoms with Crippen molar-refractivity contribution in [3.05, 3.63) is 36.9 Å². The number of hydrogen-bond acceptors (Lipinski definition) is 8. The minimum absolute atomic E-state index is 0.202. The Kier molecular flexibility index (Phi) is 5.38. The molecule has 0 radical (unpaired) electrons. The van der Waals surface area contributed by atoms with E-state index in [1.165, 1.54) is 0 Å². The van der Waals surface area contributed by atoms with Gasteiger partial charge in [-0.2, -0.15) is 0 Å². The number of anilines is 2. The minimum atomic E-state index is 0.202. The third-order valence-electron chi connectivity index (χ3n) is 5.03. The molecule has 9 nitrogen and oxygen atoms in total. The number of rotatable bonds is 4.